The fourth-order valence-corrected chi connectivity index (χ4v) is 1.10. The predicted molar refractivity (Wildman–Crippen MR) is 57.0 cm³/mol. The Morgan fingerprint density at radius 2 is 2.21 bits per heavy atom. The van der Waals surface area contributed by atoms with Gasteiger partial charge in [0.25, 0.3) is 0 Å². The molecule has 4 heteroatoms. The van der Waals surface area contributed by atoms with Gasteiger partial charge in [0.05, 0.1) is 0 Å². The summed E-state index contributed by atoms with van der Waals surface area (Å²) in [5, 5.41) is 0. The van der Waals surface area contributed by atoms with Gasteiger partial charge in [-0.15, -0.1) is 0 Å². The lowest BCUT2D eigenvalue weighted by atomic mass is 10.1. The van der Waals surface area contributed by atoms with Crippen molar-refractivity contribution in [2.24, 2.45) is 5.73 Å². The van der Waals surface area contributed by atoms with Gasteiger partial charge in [-0.25, -0.2) is 0 Å². The highest BCUT2D eigenvalue weighted by Crippen LogP contribution is 1.99. The molecule has 1 atom stereocenters. The topological polar surface area (TPSA) is 55.6 Å². The zero-order valence-electron chi connectivity index (χ0n) is 9.45. The molecule has 0 saturated heterocycles. The average Bonchev–Trinajstić information content (AvgIpc) is 2.17. The fraction of sp³-hybridized carbons (Fsp3) is 0.900. The van der Waals surface area contributed by atoms with E-state index in [-0.39, 0.29) is 11.9 Å². The van der Waals surface area contributed by atoms with Crippen molar-refractivity contribution in [1.82, 2.24) is 4.90 Å². The van der Waals surface area contributed by atoms with Gasteiger partial charge in [0.15, 0.2) is 0 Å². The Bertz CT molecular complexity index is 162. The Morgan fingerprint density at radius 3 is 2.71 bits per heavy atom. The van der Waals surface area contributed by atoms with E-state index in [9.17, 15) is 4.79 Å². The van der Waals surface area contributed by atoms with Gasteiger partial charge in [-0.2, -0.15) is 0 Å². The van der Waals surface area contributed by atoms with Gasteiger partial charge in [0.1, 0.15) is 0 Å². The summed E-state index contributed by atoms with van der Waals surface area (Å²) in [6, 6.07) is -0.00706. The van der Waals surface area contributed by atoms with E-state index in [1.165, 1.54) is 0 Å². The third-order valence-electron chi connectivity index (χ3n) is 2.23. The van der Waals surface area contributed by atoms with E-state index < -0.39 is 0 Å². The molecule has 1 unspecified atom stereocenters. The van der Waals surface area contributed by atoms with Gasteiger partial charge in [-0.05, 0) is 12.8 Å². The van der Waals surface area contributed by atoms with Crippen LogP contribution in [0, 0.1) is 0 Å². The molecule has 0 spiro atoms. The highest BCUT2D eigenvalue weighted by molar-refractivity contribution is 5.76. The average molecular weight is 202 g/mol. The molecule has 14 heavy (non-hydrogen) atoms. The SMILES string of the molecule is CCC(N)CC(=O)N(C)CCCOC. The Balaban J connectivity index is 3.64. The monoisotopic (exact) mass is 202 g/mol. The number of methoxy groups -OCH3 is 1. The molecule has 0 aromatic rings. The number of carbonyl (C=O) groups excluding carboxylic acids is 1. The minimum atomic E-state index is -0.00706. The number of hydrogen-bond acceptors (Lipinski definition) is 3. The van der Waals surface area contributed by atoms with Crippen LogP contribution in [0.4, 0.5) is 0 Å². The number of nitrogens with zero attached hydrogens (tertiary/aromatic N) is 1. The Labute approximate surface area is 86.4 Å². The normalized spacial score (nSPS) is 12.6. The second-order valence-corrected chi connectivity index (χ2v) is 3.53. The molecule has 1 amide bonds. The van der Waals surface area contributed by atoms with Crippen LogP contribution < -0.4 is 5.73 Å². The molecular weight excluding hydrogens is 180 g/mol. The highest BCUT2D eigenvalue weighted by Gasteiger charge is 2.11. The van der Waals surface area contributed by atoms with Crippen molar-refractivity contribution in [3.8, 4) is 0 Å². The number of nitrogens with two attached hydrogens (primary N) is 1. The first-order valence-corrected chi connectivity index (χ1v) is 5.10. The van der Waals surface area contributed by atoms with Crippen molar-refractivity contribution in [1.29, 1.82) is 0 Å². The third-order valence-corrected chi connectivity index (χ3v) is 2.23. The molecule has 0 heterocycles. The van der Waals surface area contributed by atoms with E-state index in [1.54, 1.807) is 19.1 Å². The first kappa shape index (κ1) is 13.4. The maximum Gasteiger partial charge on any atom is 0.223 e. The van der Waals surface area contributed by atoms with E-state index in [2.05, 4.69) is 0 Å². The minimum absolute atomic E-state index is 0.00706. The molecule has 0 rings (SSSR count). The Hall–Kier alpha value is -0.610. The molecule has 0 aliphatic heterocycles. The van der Waals surface area contributed by atoms with E-state index in [0.29, 0.717) is 13.0 Å². The van der Waals surface area contributed by atoms with Crippen LogP contribution >= 0.6 is 0 Å². The molecule has 4 nitrogen and oxygen atoms in total. The van der Waals surface area contributed by atoms with Crippen LogP contribution in [0.25, 0.3) is 0 Å². The molecule has 0 aliphatic carbocycles. The van der Waals surface area contributed by atoms with Crippen molar-refractivity contribution in [2.45, 2.75) is 32.2 Å². The lowest BCUT2D eigenvalue weighted by Gasteiger charge is -2.18. The standard InChI is InChI=1S/C10H22N2O2/c1-4-9(11)8-10(13)12(2)6-5-7-14-3/h9H,4-8,11H2,1-3H3. The Kier molecular flexibility index (Phi) is 7.42. The highest BCUT2D eigenvalue weighted by atomic mass is 16.5. The van der Waals surface area contributed by atoms with Crippen LogP contribution in [-0.2, 0) is 9.53 Å². The largest absolute Gasteiger partial charge is 0.385 e. The van der Waals surface area contributed by atoms with E-state index in [1.807, 2.05) is 6.92 Å². The van der Waals surface area contributed by atoms with Crippen molar-refractivity contribution < 1.29 is 9.53 Å². The Morgan fingerprint density at radius 1 is 1.57 bits per heavy atom. The summed E-state index contributed by atoms with van der Waals surface area (Å²) >= 11 is 0. The van der Waals surface area contributed by atoms with Crippen molar-refractivity contribution in [2.75, 3.05) is 27.3 Å². The van der Waals surface area contributed by atoms with Gasteiger partial charge in [-0.3, -0.25) is 4.79 Å². The predicted octanol–water partition coefficient (Wildman–Crippen LogP) is 0.609. The third kappa shape index (κ3) is 5.94. The first-order chi connectivity index (χ1) is 6.61. The van der Waals surface area contributed by atoms with Crippen LogP contribution in [-0.4, -0.2) is 44.2 Å². The van der Waals surface area contributed by atoms with Gasteiger partial charge in [-0.1, -0.05) is 6.92 Å². The molecular formula is C10H22N2O2. The first-order valence-electron chi connectivity index (χ1n) is 5.10. The summed E-state index contributed by atoms with van der Waals surface area (Å²) in [6.07, 6.45) is 2.16. The summed E-state index contributed by atoms with van der Waals surface area (Å²) in [5.41, 5.74) is 5.69. The van der Waals surface area contributed by atoms with E-state index >= 15 is 0 Å². The van der Waals surface area contributed by atoms with Crippen LogP contribution in [0.3, 0.4) is 0 Å². The second kappa shape index (κ2) is 7.76. The summed E-state index contributed by atoms with van der Waals surface area (Å²) < 4.78 is 4.91. The van der Waals surface area contributed by atoms with Crippen LogP contribution in [0.5, 0.6) is 0 Å². The van der Waals surface area contributed by atoms with Crippen molar-refractivity contribution in [3.05, 3.63) is 0 Å². The molecule has 0 bridgehead atoms. The van der Waals surface area contributed by atoms with Gasteiger partial charge in [0, 0.05) is 39.8 Å². The zero-order chi connectivity index (χ0) is 11.0. The van der Waals surface area contributed by atoms with Crippen molar-refractivity contribution in [3.63, 3.8) is 0 Å². The molecule has 0 fully saturated rings. The van der Waals surface area contributed by atoms with Gasteiger partial charge < -0.3 is 15.4 Å². The number of carbonyl (C=O) groups is 1. The fourth-order valence-electron chi connectivity index (χ4n) is 1.10. The quantitative estimate of drug-likeness (QED) is 0.615. The summed E-state index contributed by atoms with van der Waals surface area (Å²) in [6.45, 7) is 3.42. The van der Waals surface area contributed by atoms with Crippen LogP contribution in [0.15, 0.2) is 0 Å². The smallest absolute Gasteiger partial charge is 0.223 e. The maximum atomic E-state index is 11.5. The molecule has 2 N–H and O–H groups in total. The molecule has 0 radical (unpaired) electrons. The number of hydrogen-bond donors (Lipinski definition) is 1. The molecule has 0 saturated carbocycles. The molecule has 0 aromatic carbocycles. The molecule has 84 valence electrons. The number of ether oxygens (including phenoxy) is 1. The summed E-state index contributed by atoms with van der Waals surface area (Å²) in [7, 11) is 3.47. The van der Waals surface area contributed by atoms with E-state index in [4.69, 9.17) is 10.5 Å². The second-order valence-electron chi connectivity index (χ2n) is 3.53. The van der Waals surface area contributed by atoms with E-state index in [0.717, 1.165) is 19.4 Å². The van der Waals surface area contributed by atoms with Crippen LogP contribution in [0.2, 0.25) is 0 Å². The number of amides is 1. The van der Waals surface area contributed by atoms with Gasteiger partial charge in [0.2, 0.25) is 5.91 Å². The van der Waals surface area contributed by atoms with Crippen LogP contribution in [0.1, 0.15) is 26.2 Å². The zero-order valence-corrected chi connectivity index (χ0v) is 9.45. The van der Waals surface area contributed by atoms with Gasteiger partial charge >= 0.3 is 0 Å². The summed E-state index contributed by atoms with van der Waals surface area (Å²) in [5.74, 6) is 0.121. The lowest BCUT2D eigenvalue weighted by Crippen LogP contribution is -2.33. The lowest BCUT2D eigenvalue weighted by molar-refractivity contribution is -0.130. The summed E-state index contributed by atoms with van der Waals surface area (Å²) in [4.78, 5) is 13.2. The molecule has 0 aromatic heterocycles. The maximum absolute atomic E-state index is 11.5. The minimum Gasteiger partial charge on any atom is -0.385 e. The van der Waals surface area contributed by atoms with Crippen molar-refractivity contribution >= 4 is 5.91 Å². The number of rotatable bonds is 7. The molecule has 0 aliphatic rings.